The molecule has 0 radical (unpaired) electrons. The fraction of sp³-hybridized carbons (Fsp3) is 0.300. The molecule has 4 heteroatoms. The van der Waals surface area contributed by atoms with Crippen LogP contribution in [0.1, 0.15) is 49.2 Å². The molecule has 0 heterocycles. The number of aryl methyl sites for hydroxylation is 1. The Hall–Kier alpha value is -2.13. The van der Waals surface area contributed by atoms with Gasteiger partial charge in [-0.3, -0.25) is 4.79 Å². The second kappa shape index (κ2) is 7.18. The number of carbonyl (C=O) groups excluding carboxylic acids is 1. The smallest absolute Gasteiger partial charge is 0.256 e. The van der Waals surface area contributed by atoms with E-state index in [0.29, 0.717) is 22.1 Å². The average Bonchev–Trinajstić information content (AvgIpc) is 2.50. The molecular weight excluding hydrogens is 320 g/mol. The molecule has 2 aromatic rings. The molecule has 0 spiro atoms. The Morgan fingerprint density at radius 3 is 2.25 bits per heavy atom. The third kappa shape index (κ3) is 4.45. The Bertz CT molecular complexity index is 751. The van der Waals surface area contributed by atoms with E-state index in [0.717, 1.165) is 5.56 Å². The summed E-state index contributed by atoms with van der Waals surface area (Å²) >= 11 is 6.17. The summed E-state index contributed by atoms with van der Waals surface area (Å²) in [6.45, 7) is 10.1. The zero-order valence-corrected chi connectivity index (χ0v) is 15.5. The lowest BCUT2D eigenvalue weighted by molar-refractivity contribution is 0.0977. The number of benzene rings is 2. The largest absolute Gasteiger partial charge is 0.310 e. The predicted molar refractivity (Wildman–Crippen MR) is 102 cm³/mol. The number of carbonyl (C=O) groups is 1. The highest BCUT2D eigenvalue weighted by molar-refractivity contribution is 6.33. The molecular formula is C20H23ClN2O. The third-order valence-corrected chi connectivity index (χ3v) is 4.08. The van der Waals surface area contributed by atoms with Crippen LogP contribution in [-0.4, -0.2) is 11.7 Å². The van der Waals surface area contributed by atoms with Crippen LogP contribution in [0.15, 0.2) is 47.5 Å². The van der Waals surface area contributed by atoms with E-state index >= 15 is 0 Å². The van der Waals surface area contributed by atoms with E-state index in [-0.39, 0.29) is 11.3 Å². The van der Waals surface area contributed by atoms with Crippen molar-refractivity contribution in [1.29, 1.82) is 0 Å². The normalized spacial score (nSPS) is 12.2. The number of hydrogen-bond acceptors (Lipinski definition) is 2. The number of amides is 1. The first-order valence-electron chi connectivity index (χ1n) is 7.91. The molecule has 0 saturated carbocycles. The predicted octanol–water partition coefficient (Wildman–Crippen LogP) is 5.43. The number of para-hydroxylation sites is 1. The van der Waals surface area contributed by atoms with Crippen LogP contribution in [0.3, 0.4) is 0 Å². The van der Waals surface area contributed by atoms with Gasteiger partial charge in [0.2, 0.25) is 0 Å². The molecule has 24 heavy (non-hydrogen) atoms. The van der Waals surface area contributed by atoms with Crippen molar-refractivity contribution < 1.29 is 4.79 Å². The van der Waals surface area contributed by atoms with E-state index in [2.05, 4.69) is 31.1 Å². The Morgan fingerprint density at radius 1 is 1.08 bits per heavy atom. The molecule has 2 rings (SSSR count). The van der Waals surface area contributed by atoms with Gasteiger partial charge in [-0.2, -0.15) is 0 Å². The maximum Gasteiger partial charge on any atom is 0.256 e. The molecule has 3 nitrogen and oxygen atoms in total. The van der Waals surface area contributed by atoms with Gasteiger partial charge < -0.3 is 5.32 Å². The summed E-state index contributed by atoms with van der Waals surface area (Å²) in [6, 6.07) is 13.2. The van der Waals surface area contributed by atoms with Gasteiger partial charge in [-0.15, -0.1) is 0 Å². The minimum Gasteiger partial charge on any atom is -0.310 e. The second-order valence-electron chi connectivity index (χ2n) is 6.88. The highest BCUT2D eigenvalue weighted by Crippen LogP contribution is 2.28. The number of nitrogens with one attached hydrogen (secondary N) is 1. The van der Waals surface area contributed by atoms with Crippen LogP contribution in [0.2, 0.25) is 5.02 Å². The van der Waals surface area contributed by atoms with Gasteiger partial charge in [0.05, 0.1) is 10.7 Å². The number of nitrogens with zero attached hydrogens (tertiary/aromatic N) is 1. The van der Waals surface area contributed by atoms with Crippen molar-refractivity contribution in [2.24, 2.45) is 4.99 Å². The molecule has 0 aliphatic heterocycles. The number of amidine groups is 1. The van der Waals surface area contributed by atoms with E-state index in [9.17, 15) is 4.79 Å². The molecule has 0 saturated heterocycles. The maximum absolute atomic E-state index is 12.4. The molecule has 0 aliphatic carbocycles. The van der Waals surface area contributed by atoms with Gasteiger partial charge in [-0.25, -0.2) is 4.99 Å². The van der Waals surface area contributed by atoms with Crippen molar-refractivity contribution in [3.63, 3.8) is 0 Å². The van der Waals surface area contributed by atoms with Crippen molar-refractivity contribution in [2.75, 3.05) is 0 Å². The van der Waals surface area contributed by atoms with Crippen LogP contribution in [-0.2, 0) is 5.41 Å². The zero-order chi connectivity index (χ0) is 17.9. The lowest BCUT2D eigenvalue weighted by Crippen LogP contribution is -2.28. The minimum absolute atomic E-state index is 0.0635. The van der Waals surface area contributed by atoms with Crippen molar-refractivity contribution in [3.8, 4) is 0 Å². The number of hydrogen-bond donors (Lipinski definition) is 1. The molecule has 0 fully saturated rings. The van der Waals surface area contributed by atoms with Gasteiger partial charge in [0.1, 0.15) is 5.84 Å². The minimum atomic E-state index is -0.179. The Labute approximate surface area is 148 Å². The number of halogens is 1. The van der Waals surface area contributed by atoms with Crippen molar-refractivity contribution in [1.82, 2.24) is 5.32 Å². The SMILES string of the molecule is CC(=Nc1c(C)cccc1Cl)NC(=O)c1ccc(C(C)(C)C)cc1. The Kier molecular flexibility index (Phi) is 5.45. The molecule has 2 aromatic carbocycles. The van der Waals surface area contributed by atoms with Crippen LogP contribution in [0, 0.1) is 6.92 Å². The third-order valence-electron chi connectivity index (χ3n) is 3.78. The Balaban J connectivity index is 2.16. The van der Waals surface area contributed by atoms with Gasteiger partial charge in [0.15, 0.2) is 0 Å². The fourth-order valence-electron chi connectivity index (χ4n) is 2.32. The first-order valence-corrected chi connectivity index (χ1v) is 8.28. The molecule has 0 bridgehead atoms. The van der Waals surface area contributed by atoms with E-state index in [1.54, 1.807) is 13.0 Å². The second-order valence-corrected chi connectivity index (χ2v) is 7.29. The summed E-state index contributed by atoms with van der Waals surface area (Å²) in [5.41, 5.74) is 3.50. The van der Waals surface area contributed by atoms with E-state index in [1.807, 2.05) is 43.3 Å². The highest BCUT2D eigenvalue weighted by Gasteiger charge is 2.14. The summed E-state index contributed by atoms with van der Waals surface area (Å²) < 4.78 is 0. The monoisotopic (exact) mass is 342 g/mol. The molecule has 0 unspecified atom stereocenters. The fourth-order valence-corrected chi connectivity index (χ4v) is 2.58. The molecule has 126 valence electrons. The average molecular weight is 343 g/mol. The molecule has 0 aromatic heterocycles. The lowest BCUT2D eigenvalue weighted by atomic mass is 9.87. The quantitative estimate of drug-likeness (QED) is 0.574. The van der Waals surface area contributed by atoms with Gasteiger partial charge in [-0.1, -0.05) is 56.6 Å². The maximum atomic E-state index is 12.4. The summed E-state index contributed by atoms with van der Waals surface area (Å²) in [6.07, 6.45) is 0. The van der Waals surface area contributed by atoms with Crippen molar-refractivity contribution in [3.05, 3.63) is 64.2 Å². The van der Waals surface area contributed by atoms with E-state index in [1.165, 1.54) is 5.56 Å². The van der Waals surface area contributed by atoms with Crippen LogP contribution < -0.4 is 5.32 Å². The highest BCUT2D eigenvalue weighted by atomic mass is 35.5. The van der Waals surface area contributed by atoms with Crippen molar-refractivity contribution >= 4 is 29.0 Å². The van der Waals surface area contributed by atoms with Gasteiger partial charge in [0, 0.05) is 5.56 Å². The zero-order valence-electron chi connectivity index (χ0n) is 14.8. The van der Waals surface area contributed by atoms with Crippen LogP contribution >= 0.6 is 11.6 Å². The number of aliphatic imine (C=N–C) groups is 1. The van der Waals surface area contributed by atoms with Crippen LogP contribution in [0.5, 0.6) is 0 Å². The van der Waals surface area contributed by atoms with E-state index < -0.39 is 0 Å². The van der Waals surface area contributed by atoms with E-state index in [4.69, 9.17) is 11.6 Å². The van der Waals surface area contributed by atoms with Gasteiger partial charge >= 0.3 is 0 Å². The molecule has 1 amide bonds. The van der Waals surface area contributed by atoms with Gasteiger partial charge in [-0.05, 0) is 48.6 Å². The summed E-state index contributed by atoms with van der Waals surface area (Å²) in [5.74, 6) is 0.331. The summed E-state index contributed by atoms with van der Waals surface area (Å²) in [5, 5.41) is 3.38. The lowest BCUT2D eigenvalue weighted by Gasteiger charge is -2.19. The summed E-state index contributed by atoms with van der Waals surface area (Å²) in [7, 11) is 0. The summed E-state index contributed by atoms with van der Waals surface area (Å²) in [4.78, 5) is 16.8. The topological polar surface area (TPSA) is 41.5 Å². The number of rotatable bonds is 2. The Morgan fingerprint density at radius 2 is 1.71 bits per heavy atom. The van der Waals surface area contributed by atoms with Crippen LogP contribution in [0.25, 0.3) is 0 Å². The molecule has 0 aliphatic rings. The molecule has 1 N–H and O–H groups in total. The standard InChI is InChI=1S/C20H23ClN2O/c1-13-7-6-8-17(21)18(13)22-14(2)23-19(24)15-9-11-16(12-10-15)20(3,4)5/h6-12H,1-5H3,(H,22,23,24). The van der Waals surface area contributed by atoms with Gasteiger partial charge in [0.25, 0.3) is 5.91 Å². The van der Waals surface area contributed by atoms with Crippen LogP contribution in [0.4, 0.5) is 5.69 Å². The first kappa shape index (κ1) is 18.2. The first-order chi connectivity index (χ1) is 11.2. The van der Waals surface area contributed by atoms with Crippen molar-refractivity contribution in [2.45, 2.75) is 40.0 Å². The molecule has 0 atom stereocenters.